The molecule has 0 saturated heterocycles. The Kier molecular flexibility index (Phi) is 4.50. The smallest absolute Gasteiger partial charge is 0.118 e. The highest BCUT2D eigenvalue weighted by atomic mass is 16.3. The van der Waals surface area contributed by atoms with E-state index in [1.165, 1.54) is 0 Å². The molecule has 0 aliphatic rings. The van der Waals surface area contributed by atoms with Gasteiger partial charge in [0.05, 0.1) is 12.4 Å². The first-order chi connectivity index (χ1) is 9.69. The molecule has 0 aliphatic carbocycles. The van der Waals surface area contributed by atoms with Gasteiger partial charge in [-0.1, -0.05) is 6.92 Å². The molecular weight excluding hydrogens is 252 g/mol. The lowest BCUT2D eigenvalue weighted by Crippen LogP contribution is -1.86. The van der Waals surface area contributed by atoms with Crippen LogP contribution in [-0.4, -0.2) is 22.6 Å². The normalized spacial score (nSPS) is 11.4. The van der Waals surface area contributed by atoms with Crippen LogP contribution in [0.1, 0.15) is 23.6 Å². The molecule has 0 aromatic heterocycles. The van der Waals surface area contributed by atoms with Crippen molar-refractivity contribution in [2.24, 2.45) is 10.2 Å². The molecule has 0 aliphatic heterocycles. The van der Waals surface area contributed by atoms with Crippen LogP contribution in [0, 0.1) is 0 Å². The molecule has 2 aromatic carbocycles. The molecule has 2 aromatic rings. The number of benzene rings is 2. The molecule has 0 atom stereocenters. The molecule has 0 amide bonds. The lowest BCUT2D eigenvalue weighted by molar-refractivity contribution is 0.469. The van der Waals surface area contributed by atoms with E-state index in [9.17, 15) is 5.11 Å². The minimum Gasteiger partial charge on any atom is -0.508 e. The second kappa shape index (κ2) is 6.52. The Labute approximate surface area is 117 Å². The quantitative estimate of drug-likeness (QED) is 0.661. The molecule has 102 valence electrons. The van der Waals surface area contributed by atoms with Gasteiger partial charge in [-0.15, -0.1) is 0 Å². The lowest BCUT2D eigenvalue weighted by Gasteiger charge is -2.01. The molecule has 0 radical (unpaired) electrons. The van der Waals surface area contributed by atoms with E-state index in [1.807, 2.05) is 13.0 Å². The van der Waals surface area contributed by atoms with Gasteiger partial charge in [0.1, 0.15) is 11.5 Å². The summed E-state index contributed by atoms with van der Waals surface area (Å²) in [5, 5.41) is 26.6. The summed E-state index contributed by atoms with van der Waals surface area (Å²) in [6.45, 7) is 1.99. The maximum Gasteiger partial charge on any atom is 0.118 e. The maximum absolute atomic E-state index is 9.58. The molecular formula is C16H16N2O2. The van der Waals surface area contributed by atoms with Gasteiger partial charge in [-0.3, -0.25) is 0 Å². The molecule has 4 heteroatoms. The first kappa shape index (κ1) is 13.8. The van der Waals surface area contributed by atoms with E-state index in [0.29, 0.717) is 5.75 Å². The highest BCUT2D eigenvalue weighted by Crippen LogP contribution is 2.18. The van der Waals surface area contributed by atoms with Crippen molar-refractivity contribution in [3.05, 3.63) is 59.2 Å². The molecule has 0 unspecified atom stereocenters. The number of nitrogens with zero attached hydrogens (tertiary/aromatic N) is 2. The highest BCUT2D eigenvalue weighted by molar-refractivity contribution is 5.83. The summed E-state index contributed by atoms with van der Waals surface area (Å²) in [6, 6.07) is 12.0. The molecule has 2 N–H and O–H groups in total. The van der Waals surface area contributed by atoms with Crippen molar-refractivity contribution >= 4 is 12.4 Å². The summed E-state index contributed by atoms with van der Waals surface area (Å²) >= 11 is 0. The molecule has 4 nitrogen and oxygen atoms in total. The Bertz CT molecular complexity index is 631. The maximum atomic E-state index is 9.58. The number of phenolic OH excluding ortho intramolecular Hbond substituents is 2. The second-order valence-corrected chi connectivity index (χ2v) is 4.32. The van der Waals surface area contributed by atoms with Gasteiger partial charge in [0.15, 0.2) is 0 Å². The summed E-state index contributed by atoms with van der Waals surface area (Å²) in [4.78, 5) is 0. The minimum atomic E-state index is 0.224. The average molecular weight is 268 g/mol. The van der Waals surface area contributed by atoms with Crippen molar-refractivity contribution in [1.29, 1.82) is 0 Å². The summed E-state index contributed by atoms with van der Waals surface area (Å²) in [7, 11) is 0. The van der Waals surface area contributed by atoms with Gasteiger partial charge in [0.2, 0.25) is 0 Å². The topological polar surface area (TPSA) is 65.2 Å². The van der Waals surface area contributed by atoms with Gasteiger partial charge in [-0.25, -0.2) is 0 Å². The standard InChI is InChI=1S/C16H16N2O2/c1-2-14-9-13(5-8-16(14)20)11-18-17-10-12-3-6-15(19)7-4-12/h3-11,19-20H,2H2,1H3/b17-10+,18-11+. The summed E-state index contributed by atoms with van der Waals surface area (Å²) < 4.78 is 0. The highest BCUT2D eigenvalue weighted by Gasteiger charge is 1.98. The molecule has 2 rings (SSSR count). The molecule has 0 bridgehead atoms. The van der Waals surface area contributed by atoms with Crippen molar-refractivity contribution in [3.63, 3.8) is 0 Å². The van der Waals surface area contributed by atoms with E-state index in [1.54, 1.807) is 48.8 Å². The zero-order valence-electron chi connectivity index (χ0n) is 11.2. The molecule has 0 saturated carbocycles. The third-order valence-electron chi connectivity index (χ3n) is 2.86. The predicted molar refractivity (Wildman–Crippen MR) is 80.8 cm³/mol. The monoisotopic (exact) mass is 268 g/mol. The summed E-state index contributed by atoms with van der Waals surface area (Å²) in [5.41, 5.74) is 2.64. The number of aromatic hydroxyl groups is 2. The van der Waals surface area contributed by atoms with Crippen LogP contribution in [0.4, 0.5) is 0 Å². The van der Waals surface area contributed by atoms with Crippen molar-refractivity contribution in [1.82, 2.24) is 0 Å². The number of hydrogen-bond donors (Lipinski definition) is 2. The fraction of sp³-hybridized carbons (Fsp3) is 0.125. The minimum absolute atomic E-state index is 0.224. The number of phenols is 2. The molecule has 0 spiro atoms. The lowest BCUT2D eigenvalue weighted by atomic mass is 10.1. The van der Waals surface area contributed by atoms with Crippen LogP contribution in [0.25, 0.3) is 0 Å². The van der Waals surface area contributed by atoms with Crippen LogP contribution in [0.5, 0.6) is 11.5 Å². The number of aryl methyl sites for hydroxylation is 1. The van der Waals surface area contributed by atoms with Crippen molar-refractivity contribution in [2.45, 2.75) is 13.3 Å². The van der Waals surface area contributed by atoms with Gasteiger partial charge < -0.3 is 10.2 Å². The predicted octanol–water partition coefficient (Wildman–Crippen LogP) is 3.11. The fourth-order valence-electron chi connectivity index (χ4n) is 1.73. The Morgan fingerprint density at radius 1 is 0.900 bits per heavy atom. The van der Waals surface area contributed by atoms with Crippen molar-refractivity contribution < 1.29 is 10.2 Å². The van der Waals surface area contributed by atoms with Gasteiger partial charge in [0.25, 0.3) is 0 Å². The average Bonchev–Trinajstić information content (AvgIpc) is 2.47. The van der Waals surface area contributed by atoms with Crippen LogP contribution in [0.15, 0.2) is 52.7 Å². The molecule has 0 fully saturated rings. The third-order valence-corrected chi connectivity index (χ3v) is 2.86. The summed E-state index contributed by atoms with van der Waals surface area (Å²) in [5.74, 6) is 0.527. The van der Waals surface area contributed by atoms with E-state index < -0.39 is 0 Å². The van der Waals surface area contributed by atoms with E-state index in [0.717, 1.165) is 23.1 Å². The first-order valence-corrected chi connectivity index (χ1v) is 6.36. The van der Waals surface area contributed by atoms with Crippen LogP contribution >= 0.6 is 0 Å². The zero-order valence-corrected chi connectivity index (χ0v) is 11.2. The Morgan fingerprint density at radius 3 is 2.15 bits per heavy atom. The third kappa shape index (κ3) is 3.68. The van der Waals surface area contributed by atoms with Crippen LogP contribution in [0.3, 0.4) is 0 Å². The Balaban J connectivity index is 2.04. The van der Waals surface area contributed by atoms with Gasteiger partial charge in [-0.05, 0) is 65.6 Å². The van der Waals surface area contributed by atoms with Gasteiger partial charge >= 0.3 is 0 Å². The van der Waals surface area contributed by atoms with Crippen molar-refractivity contribution in [3.8, 4) is 11.5 Å². The van der Waals surface area contributed by atoms with E-state index in [2.05, 4.69) is 10.2 Å². The van der Waals surface area contributed by atoms with E-state index in [4.69, 9.17) is 5.11 Å². The molecule has 20 heavy (non-hydrogen) atoms. The van der Waals surface area contributed by atoms with E-state index >= 15 is 0 Å². The number of rotatable bonds is 4. The van der Waals surface area contributed by atoms with Crippen LogP contribution < -0.4 is 0 Å². The van der Waals surface area contributed by atoms with Crippen LogP contribution in [0.2, 0.25) is 0 Å². The van der Waals surface area contributed by atoms with Crippen molar-refractivity contribution in [2.75, 3.05) is 0 Å². The zero-order chi connectivity index (χ0) is 14.4. The number of hydrogen-bond acceptors (Lipinski definition) is 4. The SMILES string of the molecule is CCc1cc(/C=N/N=C/c2ccc(O)cc2)ccc1O. The molecule has 0 heterocycles. The fourth-order valence-corrected chi connectivity index (χ4v) is 1.73. The van der Waals surface area contributed by atoms with Gasteiger partial charge in [-0.2, -0.15) is 10.2 Å². The van der Waals surface area contributed by atoms with E-state index in [-0.39, 0.29) is 5.75 Å². The summed E-state index contributed by atoms with van der Waals surface area (Å²) in [6.07, 6.45) is 4.01. The first-order valence-electron chi connectivity index (χ1n) is 6.36. The van der Waals surface area contributed by atoms with Gasteiger partial charge in [0, 0.05) is 0 Å². The second-order valence-electron chi connectivity index (χ2n) is 4.32. The Hall–Kier alpha value is -2.62. The Morgan fingerprint density at radius 2 is 1.50 bits per heavy atom. The van der Waals surface area contributed by atoms with Crippen LogP contribution in [-0.2, 0) is 6.42 Å². The largest absolute Gasteiger partial charge is 0.508 e.